The summed E-state index contributed by atoms with van der Waals surface area (Å²) in [5.41, 5.74) is 0.914. The van der Waals surface area contributed by atoms with Gasteiger partial charge in [0, 0.05) is 37.1 Å². The third-order valence-electron chi connectivity index (χ3n) is 4.61. The molecule has 1 aliphatic rings. The van der Waals surface area contributed by atoms with E-state index in [0.717, 1.165) is 5.56 Å². The molecule has 3 heterocycles. The summed E-state index contributed by atoms with van der Waals surface area (Å²) in [6.07, 6.45) is 1.89. The van der Waals surface area contributed by atoms with E-state index in [0.29, 0.717) is 48.5 Å². The van der Waals surface area contributed by atoms with E-state index < -0.39 is 0 Å². The van der Waals surface area contributed by atoms with Crippen molar-refractivity contribution >= 4 is 5.91 Å². The number of furan rings is 1. The van der Waals surface area contributed by atoms with Gasteiger partial charge in [-0.05, 0) is 24.3 Å². The summed E-state index contributed by atoms with van der Waals surface area (Å²) in [5, 5.41) is 4.02. The third-order valence-corrected chi connectivity index (χ3v) is 4.61. The van der Waals surface area contributed by atoms with Crippen molar-refractivity contribution in [3.05, 3.63) is 48.0 Å². The summed E-state index contributed by atoms with van der Waals surface area (Å²) in [4.78, 5) is 18.6. The molecule has 1 atom stereocenters. The van der Waals surface area contributed by atoms with Crippen molar-refractivity contribution in [1.82, 2.24) is 15.0 Å². The van der Waals surface area contributed by atoms with Crippen LogP contribution in [0.4, 0.5) is 0 Å². The van der Waals surface area contributed by atoms with Crippen molar-refractivity contribution in [2.75, 3.05) is 20.8 Å². The lowest BCUT2D eigenvalue weighted by molar-refractivity contribution is -0.128. The van der Waals surface area contributed by atoms with Gasteiger partial charge in [0.15, 0.2) is 11.6 Å². The Morgan fingerprint density at radius 2 is 2.15 bits per heavy atom. The zero-order valence-corrected chi connectivity index (χ0v) is 15.0. The second-order valence-electron chi connectivity index (χ2n) is 6.29. The Morgan fingerprint density at radius 1 is 1.26 bits per heavy atom. The van der Waals surface area contributed by atoms with Gasteiger partial charge >= 0.3 is 0 Å². The summed E-state index contributed by atoms with van der Waals surface area (Å²) < 4.78 is 21.2. The van der Waals surface area contributed by atoms with E-state index in [1.165, 1.54) is 0 Å². The molecule has 1 aliphatic heterocycles. The maximum absolute atomic E-state index is 12.5. The highest BCUT2D eigenvalue weighted by Gasteiger charge is 2.34. The molecule has 8 heteroatoms. The van der Waals surface area contributed by atoms with Gasteiger partial charge in [-0.2, -0.15) is 4.98 Å². The molecule has 0 N–H and O–H groups in total. The van der Waals surface area contributed by atoms with Crippen LogP contribution in [0, 0.1) is 0 Å². The van der Waals surface area contributed by atoms with Crippen LogP contribution in [0.25, 0.3) is 11.7 Å². The van der Waals surface area contributed by atoms with Gasteiger partial charge < -0.3 is 23.3 Å². The second-order valence-corrected chi connectivity index (χ2v) is 6.29. The normalized spacial score (nSPS) is 16.7. The van der Waals surface area contributed by atoms with Gasteiger partial charge in [-0.25, -0.2) is 0 Å². The first kappa shape index (κ1) is 17.1. The van der Waals surface area contributed by atoms with E-state index in [2.05, 4.69) is 10.1 Å². The number of aromatic nitrogens is 2. The molecule has 0 saturated carbocycles. The largest absolute Gasteiger partial charge is 0.497 e. The van der Waals surface area contributed by atoms with Crippen molar-refractivity contribution in [2.45, 2.75) is 18.9 Å². The van der Waals surface area contributed by atoms with E-state index in [-0.39, 0.29) is 11.8 Å². The molecule has 1 fully saturated rings. The summed E-state index contributed by atoms with van der Waals surface area (Å²) in [7, 11) is 3.20. The van der Waals surface area contributed by atoms with Crippen molar-refractivity contribution in [1.29, 1.82) is 0 Å². The number of hydrogen-bond donors (Lipinski definition) is 0. The third kappa shape index (κ3) is 3.38. The first-order valence-electron chi connectivity index (χ1n) is 8.54. The van der Waals surface area contributed by atoms with E-state index in [4.69, 9.17) is 18.4 Å². The molecule has 0 aliphatic carbocycles. The Hall–Kier alpha value is -3.29. The lowest BCUT2D eigenvalue weighted by atomic mass is 10.1. The number of nitrogens with zero attached hydrogens (tertiary/aromatic N) is 3. The fourth-order valence-electron chi connectivity index (χ4n) is 3.19. The van der Waals surface area contributed by atoms with Crippen LogP contribution in [0.3, 0.4) is 0 Å². The van der Waals surface area contributed by atoms with Crippen molar-refractivity contribution in [2.24, 2.45) is 0 Å². The highest BCUT2D eigenvalue weighted by molar-refractivity contribution is 5.79. The number of methoxy groups -OCH3 is 2. The Kier molecular flexibility index (Phi) is 4.53. The molecule has 3 aromatic rings. The maximum atomic E-state index is 12.5. The van der Waals surface area contributed by atoms with E-state index in [9.17, 15) is 4.79 Å². The number of ether oxygens (including phenoxy) is 2. The lowest BCUT2D eigenvalue weighted by Crippen LogP contribution is -2.24. The molecular weight excluding hydrogens is 350 g/mol. The van der Waals surface area contributed by atoms with Gasteiger partial charge in [0.25, 0.3) is 5.89 Å². The topological polar surface area (TPSA) is 90.8 Å². The fourth-order valence-corrected chi connectivity index (χ4v) is 3.19. The number of rotatable bonds is 6. The second kappa shape index (κ2) is 7.14. The number of hydrogen-bond acceptors (Lipinski definition) is 7. The van der Waals surface area contributed by atoms with Crippen LogP contribution < -0.4 is 9.47 Å². The van der Waals surface area contributed by atoms with Gasteiger partial charge in [-0.3, -0.25) is 4.79 Å². The van der Waals surface area contributed by atoms with Crippen molar-refractivity contribution < 1.29 is 23.2 Å². The first-order valence-corrected chi connectivity index (χ1v) is 8.54. The maximum Gasteiger partial charge on any atom is 0.293 e. The van der Waals surface area contributed by atoms with Gasteiger partial charge in [0.1, 0.15) is 11.5 Å². The molecule has 0 spiro atoms. The van der Waals surface area contributed by atoms with Gasteiger partial charge in [0.2, 0.25) is 5.91 Å². The monoisotopic (exact) mass is 369 g/mol. The van der Waals surface area contributed by atoms with Gasteiger partial charge in [0.05, 0.1) is 20.5 Å². The molecule has 140 valence electrons. The smallest absolute Gasteiger partial charge is 0.293 e. The predicted molar refractivity (Wildman–Crippen MR) is 94.3 cm³/mol. The molecule has 0 radical (unpaired) electrons. The Balaban J connectivity index is 1.48. The summed E-state index contributed by atoms with van der Waals surface area (Å²) in [5.74, 6) is 2.66. The molecule has 0 bridgehead atoms. The van der Waals surface area contributed by atoms with Crippen molar-refractivity contribution in [3.63, 3.8) is 0 Å². The number of benzene rings is 1. The fraction of sp³-hybridized carbons (Fsp3) is 0.316. The molecule has 1 aromatic carbocycles. The number of carbonyl (C=O) groups is 1. The first-order chi connectivity index (χ1) is 13.2. The van der Waals surface area contributed by atoms with Crippen molar-refractivity contribution in [3.8, 4) is 23.1 Å². The summed E-state index contributed by atoms with van der Waals surface area (Å²) in [6.45, 7) is 0.969. The molecule has 1 amide bonds. The van der Waals surface area contributed by atoms with Crippen LogP contribution in [-0.2, 0) is 11.3 Å². The van der Waals surface area contributed by atoms with E-state index in [1.807, 2.05) is 18.2 Å². The zero-order valence-electron chi connectivity index (χ0n) is 15.0. The molecule has 4 rings (SSSR count). The SMILES string of the molecule is COc1ccc(CN2CC(c3noc(-c4ccco4)n3)CC2=O)c(OC)c1. The highest BCUT2D eigenvalue weighted by atomic mass is 16.5. The van der Waals surface area contributed by atoms with E-state index in [1.54, 1.807) is 37.5 Å². The Bertz CT molecular complexity index is 935. The van der Waals surface area contributed by atoms with Crippen LogP contribution >= 0.6 is 0 Å². The van der Waals surface area contributed by atoms with Crippen LogP contribution in [0.5, 0.6) is 11.5 Å². The highest BCUT2D eigenvalue weighted by Crippen LogP contribution is 2.32. The Labute approximate surface area is 155 Å². The Morgan fingerprint density at radius 3 is 2.89 bits per heavy atom. The predicted octanol–water partition coefficient (Wildman–Crippen LogP) is 2.86. The molecular formula is C19H19N3O5. The molecule has 8 nitrogen and oxygen atoms in total. The number of carbonyl (C=O) groups excluding carboxylic acids is 1. The number of amides is 1. The zero-order chi connectivity index (χ0) is 18.8. The van der Waals surface area contributed by atoms with Gasteiger partial charge in [-0.1, -0.05) is 5.16 Å². The van der Waals surface area contributed by atoms with E-state index >= 15 is 0 Å². The molecule has 1 unspecified atom stereocenters. The minimum atomic E-state index is -0.116. The summed E-state index contributed by atoms with van der Waals surface area (Å²) >= 11 is 0. The minimum absolute atomic E-state index is 0.0437. The molecule has 2 aromatic heterocycles. The van der Waals surface area contributed by atoms with Crippen LogP contribution in [0.15, 0.2) is 45.5 Å². The van der Waals surface area contributed by atoms with Crippen LogP contribution in [-0.4, -0.2) is 41.7 Å². The van der Waals surface area contributed by atoms with Crippen LogP contribution in [0.1, 0.15) is 23.7 Å². The molecule has 27 heavy (non-hydrogen) atoms. The average molecular weight is 369 g/mol. The lowest BCUT2D eigenvalue weighted by Gasteiger charge is -2.18. The van der Waals surface area contributed by atoms with Gasteiger partial charge in [-0.15, -0.1) is 0 Å². The summed E-state index contributed by atoms with van der Waals surface area (Å²) in [6, 6.07) is 9.07. The average Bonchev–Trinajstić information content (AvgIpc) is 3.43. The molecule has 1 saturated heterocycles. The minimum Gasteiger partial charge on any atom is -0.497 e. The number of likely N-dealkylation sites (tertiary alicyclic amines) is 1. The standard InChI is InChI=1S/C19H19N3O5/c1-24-14-6-5-12(16(9-14)25-2)10-22-11-13(8-17(22)23)18-20-19(27-21-18)15-4-3-7-26-15/h3-7,9,13H,8,10-11H2,1-2H3. The van der Waals surface area contributed by atoms with Crippen LogP contribution in [0.2, 0.25) is 0 Å². The quantitative estimate of drug-likeness (QED) is 0.660.